The maximum Gasteiger partial charge on any atom is 0.226 e. The summed E-state index contributed by atoms with van der Waals surface area (Å²) in [6.45, 7) is 1.69. The van der Waals surface area contributed by atoms with E-state index in [1.807, 2.05) is 29.2 Å². The Balaban J connectivity index is 1.93. The topological polar surface area (TPSA) is 40.5 Å². The van der Waals surface area contributed by atoms with E-state index in [1.165, 1.54) is 0 Å². The summed E-state index contributed by atoms with van der Waals surface area (Å²) in [5.41, 5.74) is 1.02. The molecular weight excluding hydrogens is 246 g/mol. The van der Waals surface area contributed by atoms with Gasteiger partial charge >= 0.3 is 0 Å². The number of amides is 1. The third kappa shape index (κ3) is 3.50. The van der Waals surface area contributed by atoms with Gasteiger partial charge in [-0.3, -0.25) is 4.79 Å². The molecule has 0 radical (unpaired) electrons. The number of thiol groups is 1. The summed E-state index contributed by atoms with van der Waals surface area (Å²) in [4.78, 5) is 14.9. The highest BCUT2D eigenvalue weighted by Gasteiger charge is 2.22. The van der Waals surface area contributed by atoms with Crippen LogP contribution in [-0.2, 0) is 11.2 Å². The summed E-state index contributed by atoms with van der Waals surface area (Å²) in [7, 11) is 0. The summed E-state index contributed by atoms with van der Waals surface area (Å²) in [6, 6.07) is 7.68. The SMILES string of the molecule is O=C(Cc1ccc(S)cc1)N1CCCC(CO)C1. The van der Waals surface area contributed by atoms with Gasteiger partial charge in [-0.1, -0.05) is 12.1 Å². The maximum atomic E-state index is 12.1. The van der Waals surface area contributed by atoms with Crippen molar-refractivity contribution in [2.45, 2.75) is 24.2 Å². The largest absolute Gasteiger partial charge is 0.396 e. The average molecular weight is 265 g/mol. The Hall–Kier alpha value is -1.00. The normalized spacial score (nSPS) is 19.9. The first-order valence-electron chi connectivity index (χ1n) is 6.35. The molecule has 1 fully saturated rings. The van der Waals surface area contributed by atoms with Gasteiger partial charge in [-0.2, -0.15) is 0 Å². The van der Waals surface area contributed by atoms with Crippen LogP contribution >= 0.6 is 12.6 Å². The first-order valence-corrected chi connectivity index (χ1v) is 6.80. The lowest BCUT2D eigenvalue weighted by Crippen LogP contribution is -2.41. The number of likely N-dealkylation sites (tertiary alicyclic amines) is 1. The molecule has 3 nitrogen and oxygen atoms in total. The van der Waals surface area contributed by atoms with Gasteiger partial charge in [0.15, 0.2) is 0 Å². The van der Waals surface area contributed by atoms with Crippen LogP contribution in [0.5, 0.6) is 0 Å². The van der Waals surface area contributed by atoms with Crippen LogP contribution in [0.2, 0.25) is 0 Å². The zero-order valence-electron chi connectivity index (χ0n) is 10.4. The molecule has 1 aromatic carbocycles. The van der Waals surface area contributed by atoms with Crippen molar-refractivity contribution in [3.63, 3.8) is 0 Å². The third-order valence-corrected chi connectivity index (χ3v) is 3.72. The van der Waals surface area contributed by atoms with Crippen molar-refractivity contribution in [3.05, 3.63) is 29.8 Å². The van der Waals surface area contributed by atoms with Gasteiger partial charge in [0.2, 0.25) is 5.91 Å². The fraction of sp³-hybridized carbons (Fsp3) is 0.500. The minimum absolute atomic E-state index is 0.153. The Morgan fingerprint density at radius 3 is 2.78 bits per heavy atom. The van der Waals surface area contributed by atoms with Gasteiger partial charge in [0.25, 0.3) is 0 Å². The highest BCUT2D eigenvalue weighted by molar-refractivity contribution is 7.80. The van der Waals surface area contributed by atoms with E-state index in [1.54, 1.807) is 0 Å². The van der Waals surface area contributed by atoms with E-state index in [9.17, 15) is 4.79 Å². The van der Waals surface area contributed by atoms with Gasteiger partial charge in [0.05, 0.1) is 6.42 Å². The van der Waals surface area contributed by atoms with Crippen molar-refractivity contribution in [3.8, 4) is 0 Å². The number of aliphatic hydroxyl groups excluding tert-OH is 1. The zero-order chi connectivity index (χ0) is 13.0. The molecule has 0 bridgehead atoms. The first-order chi connectivity index (χ1) is 8.69. The minimum Gasteiger partial charge on any atom is -0.396 e. The molecular formula is C14H19NO2S. The van der Waals surface area contributed by atoms with Crippen LogP contribution in [0.4, 0.5) is 0 Å². The number of nitrogens with zero attached hydrogens (tertiary/aromatic N) is 1. The molecule has 98 valence electrons. The van der Waals surface area contributed by atoms with Crippen LogP contribution in [0.15, 0.2) is 29.2 Å². The van der Waals surface area contributed by atoms with Gasteiger partial charge in [-0.15, -0.1) is 12.6 Å². The summed E-state index contributed by atoms with van der Waals surface area (Å²) in [5.74, 6) is 0.405. The van der Waals surface area contributed by atoms with Crippen LogP contribution in [0.25, 0.3) is 0 Å². The minimum atomic E-state index is 0.153. The van der Waals surface area contributed by atoms with Crippen LogP contribution in [0.3, 0.4) is 0 Å². The predicted molar refractivity (Wildman–Crippen MR) is 73.8 cm³/mol. The Morgan fingerprint density at radius 1 is 1.39 bits per heavy atom. The molecule has 1 unspecified atom stereocenters. The average Bonchev–Trinajstić information content (AvgIpc) is 2.41. The smallest absolute Gasteiger partial charge is 0.226 e. The number of hydrogen-bond donors (Lipinski definition) is 2. The van der Waals surface area contributed by atoms with Gasteiger partial charge in [0, 0.05) is 24.6 Å². The highest BCUT2D eigenvalue weighted by Crippen LogP contribution is 2.17. The van der Waals surface area contributed by atoms with Crippen molar-refractivity contribution >= 4 is 18.5 Å². The lowest BCUT2D eigenvalue weighted by Gasteiger charge is -2.32. The van der Waals surface area contributed by atoms with E-state index in [0.717, 1.165) is 29.8 Å². The van der Waals surface area contributed by atoms with E-state index in [-0.39, 0.29) is 18.4 Å². The van der Waals surface area contributed by atoms with Gasteiger partial charge in [-0.25, -0.2) is 0 Å². The lowest BCUT2D eigenvalue weighted by molar-refractivity contribution is -0.132. The molecule has 0 aliphatic carbocycles. The van der Waals surface area contributed by atoms with Gasteiger partial charge < -0.3 is 10.0 Å². The Kier molecular flexibility index (Phi) is 4.66. The summed E-state index contributed by atoms with van der Waals surface area (Å²) < 4.78 is 0. The molecule has 0 aromatic heterocycles. The van der Waals surface area contributed by atoms with Crippen LogP contribution in [0, 0.1) is 5.92 Å². The molecule has 4 heteroatoms. The van der Waals surface area contributed by atoms with E-state index in [0.29, 0.717) is 13.0 Å². The van der Waals surface area contributed by atoms with Gasteiger partial charge in [0.1, 0.15) is 0 Å². The molecule has 1 amide bonds. The van der Waals surface area contributed by atoms with E-state index < -0.39 is 0 Å². The van der Waals surface area contributed by atoms with E-state index in [4.69, 9.17) is 5.11 Å². The molecule has 1 aliphatic rings. The van der Waals surface area contributed by atoms with E-state index >= 15 is 0 Å². The molecule has 18 heavy (non-hydrogen) atoms. The predicted octanol–water partition coefficient (Wildman–Crippen LogP) is 1.75. The zero-order valence-corrected chi connectivity index (χ0v) is 11.3. The lowest BCUT2D eigenvalue weighted by atomic mass is 9.98. The monoisotopic (exact) mass is 265 g/mol. The third-order valence-electron chi connectivity index (χ3n) is 3.42. The molecule has 1 N–H and O–H groups in total. The summed E-state index contributed by atoms with van der Waals surface area (Å²) in [5, 5.41) is 9.16. The van der Waals surface area contributed by atoms with Crippen molar-refractivity contribution in [2.75, 3.05) is 19.7 Å². The molecule has 1 saturated heterocycles. The van der Waals surface area contributed by atoms with Crippen molar-refractivity contribution in [2.24, 2.45) is 5.92 Å². The van der Waals surface area contributed by atoms with Crippen LogP contribution in [0.1, 0.15) is 18.4 Å². The Morgan fingerprint density at radius 2 is 2.11 bits per heavy atom. The molecule has 1 heterocycles. The highest BCUT2D eigenvalue weighted by atomic mass is 32.1. The fourth-order valence-electron chi connectivity index (χ4n) is 2.34. The second kappa shape index (κ2) is 6.25. The van der Waals surface area contributed by atoms with Crippen molar-refractivity contribution in [1.82, 2.24) is 4.90 Å². The quantitative estimate of drug-likeness (QED) is 0.818. The number of aliphatic hydroxyl groups is 1. The Labute approximate surface area is 113 Å². The molecule has 2 rings (SSSR count). The molecule has 1 aromatic rings. The molecule has 1 atom stereocenters. The second-order valence-electron chi connectivity index (χ2n) is 4.87. The number of benzene rings is 1. The number of piperidine rings is 1. The van der Waals surface area contributed by atoms with Gasteiger partial charge in [-0.05, 0) is 36.5 Å². The second-order valence-corrected chi connectivity index (χ2v) is 5.39. The first kappa shape index (κ1) is 13.4. The summed E-state index contributed by atoms with van der Waals surface area (Å²) >= 11 is 4.23. The number of carbonyl (C=O) groups excluding carboxylic acids is 1. The maximum absolute atomic E-state index is 12.1. The standard InChI is InChI=1S/C14H19NO2S/c16-10-12-2-1-7-15(9-12)14(17)8-11-3-5-13(18)6-4-11/h3-6,12,16,18H,1-2,7-10H2. The van der Waals surface area contributed by atoms with Crippen molar-refractivity contribution in [1.29, 1.82) is 0 Å². The van der Waals surface area contributed by atoms with E-state index in [2.05, 4.69) is 12.6 Å². The molecule has 0 spiro atoms. The summed E-state index contributed by atoms with van der Waals surface area (Å²) in [6.07, 6.45) is 2.45. The Bertz CT molecular complexity index is 405. The fourth-order valence-corrected chi connectivity index (χ4v) is 2.49. The number of carbonyl (C=O) groups is 1. The number of rotatable bonds is 3. The van der Waals surface area contributed by atoms with Crippen molar-refractivity contribution < 1.29 is 9.90 Å². The number of hydrogen-bond acceptors (Lipinski definition) is 3. The van der Waals surface area contributed by atoms with Crippen LogP contribution in [-0.4, -0.2) is 35.6 Å². The molecule has 0 saturated carbocycles. The van der Waals surface area contributed by atoms with Crippen LogP contribution < -0.4 is 0 Å². The molecule has 1 aliphatic heterocycles.